The van der Waals surface area contributed by atoms with Crippen LogP contribution in [0.4, 0.5) is 5.69 Å². The first-order chi connectivity index (χ1) is 10.8. The Morgan fingerprint density at radius 1 is 1.30 bits per heavy atom. The minimum absolute atomic E-state index is 0. The highest BCUT2D eigenvalue weighted by atomic mass is 127. The van der Waals surface area contributed by atoms with E-state index in [1.165, 1.54) is 24.0 Å². The van der Waals surface area contributed by atoms with Crippen molar-refractivity contribution in [3.63, 3.8) is 0 Å². The molecule has 6 nitrogen and oxygen atoms in total. The van der Waals surface area contributed by atoms with Crippen LogP contribution in [0.5, 0.6) is 0 Å². The summed E-state index contributed by atoms with van der Waals surface area (Å²) in [5.41, 5.74) is 9.76. The third-order valence-corrected chi connectivity index (χ3v) is 4.17. The Hall–Kier alpha value is -1.64. The van der Waals surface area contributed by atoms with E-state index in [2.05, 4.69) is 32.6 Å². The first-order valence-corrected chi connectivity index (χ1v) is 7.79. The van der Waals surface area contributed by atoms with Crippen molar-refractivity contribution in [2.75, 3.05) is 5.32 Å². The third-order valence-electron chi connectivity index (χ3n) is 4.17. The van der Waals surface area contributed by atoms with Crippen LogP contribution in [0.15, 0.2) is 27.7 Å². The van der Waals surface area contributed by atoms with Crippen LogP contribution in [0, 0.1) is 0 Å². The molecular weight excluding hydrogens is 405 g/mol. The van der Waals surface area contributed by atoms with E-state index >= 15 is 0 Å². The van der Waals surface area contributed by atoms with Gasteiger partial charge in [0.05, 0.1) is 0 Å². The Balaban J connectivity index is 0.00000156. The van der Waals surface area contributed by atoms with Crippen LogP contribution in [0.2, 0.25) is 0 Å². The van der Waals surface area contributed by atoms with Gasteiger partial charge in [0.1, 0.15) is 6.54 Å². The average Bonchev–Trinajstić information content (AvgIpc) is 3.08. The fourth-order valence-electron chi connectivity index (χ4n) is 2.82. The van der Waals surface area contributed by atoms with Gasteiger partial charge in [-0.3, -0.25) is 0 Å². The molecule has 1 aromatic heterocycles. The number of nitrogens with two attached hydrogens (primary N) is 1. The van der Waals surface area contributed by atoms with Gasteiger partial charge in [0.15, 0.2) is 11.8 Å². The summed E-state index contributed by atoms with van der Waals surface area (Å²) in [5, 5.41) is 7.05. The van der Waals surface area contributed by atoms with Crippen molar-refractivity contribution >= 4 is 35.6 Å². The van der Waals surface area contributed by atoms with Crippen LogP contribution in [-0.4, -0.2) is 16.1 Å². The molecule has 0 saturated heterocycles. The molecule has 1 fully saturated rings. The largest absolute Gasteiger partial charge is 0.370 e. The molecule has 1 saturated carbocycles. The zero-order chi connectivity index (χ0) is 14.9. The van der Waals surface area contributed by atoms with Crippen LogP contribution in [0.3, 0.4) is 0 Å². The number of rotatable bonds is 4. The fourth-order valence-corrected chi connectivity index (χ4v) is 2.82. The summed E-state index contributed by atoms with van der Waals surface area (Å²) in [5.74, 6) is 2.15. The van der Waals surface area contributed by atoms with Gasteiger partial charge in [-0.2, -0.15) is 4.98 Å². The summed E-state index contributed by atoms with van der Waals surface area (Å²) >= 11 is 0. The van der Waals surface area contributed by atoms with E-state index in [1.807, 2.05) is 6.07 Å². The maximum Gasteiger partial charge on any atom is 0.229 e. The number of benzene rings is 1. The molecule has 0 bridgehead atoms. The summed E-state index contributed by atoms with van der Waals surface area (Å²) < 4.78 is 5.20. The number of aromatic nitrogens is 2. The summed E-state index contributed by atoms with van der Waals surface area (Å²) in [7, 11) is 0. The number of fused-ring (bicyclic) bond motifs is 1. The molecule has 2 aliphatic carbocycles. The van der Waals surface area contributed by atoms with Crippen LogP contribution in [0.1, 0.15) is 48.0 Å². The molecule has 0 unspecified atom stereocenters. The molecule has 0 amide bonds. The van der Waals surface area contributed by atoms with Gasteiger partial charge in [-0.1, -0.05) is 11.2 Å². The van der Waals surface area contributed by atoms with E-state index in [9.17, 15) is 0 Å². The quantitative estimate of drug-likeness (QED) is 0.447. The molecule has 1 heterocycles. The Morgan fingerprint density at radius 3 is 2.96 bits per heavy atom. The number of aryl methyl sites for hydroxylation is 2. The number of anilines is 1. The summed E-state index contributed by atoms with van der Waals surface area (Å²) in [6.45, 7) is 0.333. The number of nitrogens with zero attached hydrogens (tertiary/aromatic N) is 3. The van der Waals surface area contributed by atoms with Gasteiger partial charge in [-0.05, 0) is 55.4 Å². The fraction of sp³-hybridized carbons (Fsp3) is 0.438. The van der Waals surface area contributed by atoms with Crippen molar-refractivity contribution in [3.8, 4) is 0 Å². The van der Waals surface area contributed by atoms with Gasteiger partial charge in [0, 0.05) is 11.6 Å². The lowest BCUT2D eigenvalue weighted by molar-refractivity contribution is 0.374. The molecule has 0 radical (unpaired) electrons. The molecular formula is C16H20IN5O. The maximum absolute atomic E-state index is 5.93. The predicted molar refractivity (Wildman–Crippen MR) is 99.1 cm³/mol. The Labute approximate surface area is 152 Å². The number of guanidine groups is 1. The molecule has 7 heteroatoms. The van der Waals surface area contributed by atoms with Crippen molar-refractivity contribution < 1.29 is 4.52 Å². The van der Waals surface area contributed by atoms with Gasteiger partial charge in [0.25, 0.3) is 0 Å². The molecule has 0 atom stereocenters. The van der Waals surface area contributed by atoms with Crippen LogP contribution >= 0.6 is 24.0 Å². The third kappa shape index (κ3) is 3.82. The van der Waals surface area contributed by atoms with Crippen LogP contribution in [-0.2, 0) is 19.4 Å². The number of halogens is 1. The summed E-state index contributed by atoms with van der Waals surface area (Å²) in [6, 6.07) is 6.37. The molecule has 0 aliphatic heterocycles. The maximum atomic E-state index is 5.93. The lowest BCUT2D eigenvalue weighted by Gasteiger charge is -2.07. The highest BCUT2D eigenvalue weighted by Gasteiger charge is 2.29. The van der Waals surface area contributed by atoms with Crippen molar-refractivity contribution in [2.24, 2.45) is 10.7 Å². The van der Waals surface area contributed by atoms with E-state index in [4.69, 9.17) is 10.3 Å². The first-order valence-electron chi connectivity index (χ1n) is 7.79. The van der Waals surface area contributed by atoms with Gasteiger partial charge >= 0.3 is 0 Å². The topological polar surface area (TPSA) is 89.3 Å². The molecule has 3 N–H and O–H groups in total. The zero-order valence-electron chi connectivity index (χ0n) is 12.8. The molecule has 4 rings (SSSR count). The van der Waals surface area contributed by atoms with E-state index in [0.717, 1.165) is 30.8 Å². The van der Waals surface area contributed by atoms with Gasteiger partial charge in [0.2, 0.25) is 5.89 Å². The van der Waals surface area contributed by atoms with Crippen LogP contribution < -0.4 is 11.1 Å². The van der Waals surface area contributed by atoms with Crippen molar-refractivity contribution in [1.29, 1.82) is 0 Å². The van der Waals surface area contributed by atoms with Gasteiger partial charge in [-0.15, -0.1) is 24.0 Å². The zero-order valence-corrected chi connectivity index (χ0v) is 15.1. The van der Waals surface area contributed by atoms with Crippen molar-refractivity contribution in [1.82, 2.24) is 10.1 Å². The molecule has 2 aromatic rings. The average molecular weight is 425 g/mol. The van der Waals surface area contributed by atoms with Gasteiger partial charge in [-0.25, -0.2) is 4.99 Å². The van der Waals surface area contributed by atoms with E-state index in [0.29, 0.717) is 24.2 Å². The van der Waals surface area contributed by atoms with E-state index in [1.54, 1.807) is 0 Å². The minimum Gasteiger partial charge on any atom is -0.370 e. The second-order valence-corrected chi connectivity index (χ2v) is 5.99. The number of aliphatic imine (C=N–C) groups is 1. The first kappa shape index (κ1) is 16.2. The highest BCUT2D eigenvalue weighted by Crippen LogP contribution is 2.38. The SMILES string of the molecule is I.NC(=NCc1noc(C2CC2)n1)Nc1ccc2c(c1)CCC2. The summed E-state index contributed by atoms with van der Waals surface area (Å²) in [4.78, 5) is 8.60. The second-order valence-electron chi connectivity index (χ2n) is 5.99. The predicted octanol–water partition coefficient (Wildman–Crippen LogP) is 2.98. The Morgan fingerprint density at radius 2 is 2.13 bits per heavy atom. The molecule has 122 valence electrons. The second kappa shape index (κ2) is 6.86. The van der Waals surface area contributed by atoms with Gasteiger partial charge < -0.3 is 15.6 Å². The van der Waals surface area contributed by atoms with E-state index < -0.39 is 0 Å². The molecule has 2 aliphatic rings. The Kier molecular flexibility index (Phi) is 4.84. The molecule has 0 spiro atoms. The Bertz CT molecular complexity index is 723. The number of hydrogen-bond acceptors (Lipinski definition) is 4. The lowest BCUT2D eigenvalue weighted by Crippen LogP contribution is -2.22. The summed E-state index contributed by atoms with van der Waals surface area (Å²) in [6.07, 6.45) is 5.86. The number of hydrogen-bond donors (Lipinski definition) is 2. The van der Waals surface area contributed by atoms with Crippen molar-refractivity contribution in [3.05, 3.63) is 41.0 Å². The standard InChI is InChI=1S/C16H19N5O.HI/c17-16(18-9-14-20-15(22-21-14)11-4-5-11)19-13-7-6-10-2-1-3-12(10)8-13;/h6-8,11H,1-5,9H2,(H3,17,18,19);1H. The molecule has 23 heavy (non-hydrogen) atoms. The monoisotopic (exact) mass is 425 g/mol. The normalized spacial score (nSPS) is 16.8. The number of nitrogens with one attached hydrogen (secondary N) is 1. The van der Waals surface area contributed by atoms with Crippen LogP contribution in [0.25, 0.3) is 0 Å². The van der Waals surface area contributed by atoms with Crippen molar-refractivity contribution in [2.45, 2.75) is 44.6 Å². The molecule has 1 aromatic carbocycles. The smallest absolute Gasteiger partial charge is 0.229 e. The minimum atomic E-state index is 0. The highest BCUT2D eigenvalue weighted by molar-refractivity contribution is 14.0. The van der Waals surface area contributed by atoms with E-state index in [-0.39, 0.29) is 24.0 Å². The lowest BCUT2D eigenvalue weighted by atomic mass is 10.1.